The van der Waals surface area contributed by atoms with Crippen molar-refractivity contribution in [1.82, 2.24) is 14.6 Å². The van der Waals surface area contributed by atoms with Crippen LogP contribution in [0.25, 0.3) is 5.65 Å². The van der Waals surface area contributed by atoms with Crippen LogP contribution in [0.4, 0.5) is 11.5 Å². The molecule has 86 valence electrons. The van der Waals surface area contributed by atoms with E-state index < -0.39 is 0 Å². The molecule has 0 saturated heterocycles. The van der Waals surface area contributed by atoms with Crippen LogP contribution in [0.1, 0.15) is 6.92 Å². The highest BCUT2D eigenvalue weighted by atomic mass is 16.3. The molecule has 0 bridgehead atoms. The van der Waals surface area contributed by atoms with Crippen LogP contribution in [-0.2, 0) is 0 Å². The van der Waals surface area contributed by atoms with Gasteiger partial charge in [-0.05, 0) is 13.0 Å². The summed E-state index contributed by atoms with van der Waals surface area (Å²) in [5, 5.41) is 13.2. The number of nitrogens with zero attached hydrogens (tertiary/aromatic N) is 4. The van der Waals surface area contributed by atoms with Gasteiger partial charge in [0.1, 0.15) is 5.82 Å². The molecule has 3 N–H and O–H groups in total. The lowest BCUT2D eigenvalue weighted by Crippen LogP contribution is -2.28. The first-order chi connectivity index (χ1) is 7.77. The van der Waals surface area contributed by atoms with Gasteiger partial charge in [0.15, 0.2) is 5.65 Å². The molecule has 2 aromatic heterocycles. The predicted octanol–water partition coefficient (Wildman–Crippen LogP) is 0.130. The van der Waals surface area contributed by atoms with Crippen molar-refractivity contribution in [1.29, 1.82) is 0 Å². The smallest absolute Gasteiger partial charge is 0.180 e. The van der Waals surface area contributed by atoms with E-state index in [9.17, 15) is 0 Å². The lowest BCUT2D eigenvalue weighted by atomic mass is 10.4. The van der Waals surface area contributed by atoms with Gasteiger partial charge in [-0.2, -0.15) is 9.61 Å². The minimum absolute atomic E-state index is 0.106. The summed E-state index contributed by atoms with van der Waals surface area (Å²) in [6, 6.07) is 1.86. The summed E-state index contributed by atoms with van der Waals surface area (Å²) in [5.41, 5.74) is 6.95. The quantitative estimate of drug-likeness (QED) is 0.767. The van der Waals surface area contributed by atoms with Crippen LogP contribution in [0.3, 0.4) is 0 Å². The van der Waals surface area contributed by atoms with Crippen LogP contribution in [0.2, 0.25) is 0 Å². The zero-order valence-electron chi connectivity index (χ0n) is 9.17. The number of likely N-dealkylation sites (N-methyl/N-ethyl adjacent to an activating group) is 1. The van der Waals surface area contributed by atoms with E-state index in [-0.39, 0.29) is 6.61 Å². The number of nitrogen functional groups attached to an aromatic ring is 1. The summed E-state index contributed by atoms with van der Waals surface area (Å²) in [6.45, 7) is 3.48. The first-order valence-corrected chi connectivity index (χ1v) is 5.22. The topological polar surface area (TPSA) is 79.7 Å². The Bertz CT molecular complexity index is 481. The SMILES string of the molecule is CCN(CCO)c1ccnc2c(N)cnn12. The number of aliphatic hydroxyl groups is 1. The van der Waals surface area contributed by atoms with Crippen molar-refractivity contribution in [2.24, 2.45) is 0 Å². The molecule has 16 heavy (non-hydrogen) atoms. The maximum atomic E-state index is 8.99. The van der Waals surface area contributed by atoms with Gasteiger partial charge in [-0.15, -0.1) is 0 Å². The Balaban J connectivity index is 2.50. The molecule has 6 heteroatoms. The highest BCUT2D eigenvalue weighted by Crippen LogP contribution is 2.17. The molecule has 2 heterocycles. The van der Waals surface area contributed by atoms with Crippen molar-refractivity contribution in [3.05, 3.63) is 18.5 Å². The van der Waals surface area contributed by atoms with Crippen LogP contribution in [0.15, 0.2) is 18.5 Å². The zero-order chi connectivity index (χ0) is 11.5. The van der Waals surface area contributed by atoms with E-state index in [4.69, 9.17) is 10.8 Å². The lowest BCUT2D eigenvalue weighted by Gasteiger charge is -2.22. The monoisotopic (exact) mass is 221 g/mol. The maximum absolute atomic E-state index is 8.99. The van der Waals surface area contributed by atoms with Crippen LogP contribution in [0, 0.1) is 0 Å². The number of hydrogen-bond acceptors (Lipinski definition) is 5. The fourth-order valence-corrected chi connectivity index (χ4v) is 1.69. The number of rotatable bonds is 4. The number of aromatic nitrogens is 3. The third-order valence-corrected chi connectivity index (χ3v) is 2.48. The molecule has 2 rings (SSSR count). The largest absolute Gasteiger partial charge is 0.395 e. The summed E-state index contributed by atoms with van der Waals surface area (Å²) in [5.74, 6) is 0.887. The summed E-state index contributed by atoms with van der Waals surface area (Å²) in [4.78, 5) is 6.18. The second-order valence-electron chi connectivity index (χ2n) is 3.44. The van der Waals surface area contributed by atoms with Crippen LogP contribution >= 0.6 is 0 Å². The minimum atomic E-state index is 0.106. The molecule has 0 aliphatic rings. The van der Waals surface area contributed by atoms with Crippen molar-refractivity contribution < 1.29 is 5.11 Å². The van der Waals surface area contributed by atoms with Gasteiger partial charge in [0.05, 0.1) is 18.5 Å². The molecule has 0 aromatic carbocycles. The third-order valence-electron chi connectivity index (χ3n) is 2.48. The summed E-state index contributed by atoms with van der Waals surface area (Å²) in [7, 11) is 0. The Labute approximate surface area is 93.3 Å². The second-order valence-corrected chi connectivity index (χ2v) is 3.44. The van der Waals surface area contributed by atoms with Gasteiger partial charge >= 0.3 is 0 Å². The van der Waals surface area contributed by atoms with Gasteiger partial charge in [0, 0.05) is 19.3 Å². The van der Waals surface area contributed by atoms with Gasteiger partial charge < -0.3 is 15.7 Å². The molecule has 6 nitrogen and oxygen atoms in total. The standard InChI is InChI=1S/C10H15N5O/c1-2-14(5-6-16)9-3-4-12-10-8(11)7-13-15(9)10/h3-4,7,16H,2,5-6,11H2,1H3. The van der Waals surface area contributed by atoms with Crippen molar-refractivity contribution >= 4 is 17.2 Å². The molecule has 0 radical (unpaired) electrons. The molecule has 0 aliphatic heterocycles. The summed E-state index contributed by atoms with van der Waals surface area (Å²) in [6.07, 6.45) is 3.28. The first kappa shape index (κ1) is 10.7. The van der Waals surface area contributed by atoms with Crippen molar-refractivity contribution in [2.75, 3.05) is 30.3 Å². The van der Waals surface area contributed by atoms with E-state index in [1.165, 1.54) is 0 Å². The Morgan fingerprint density at radius 3 is 3.06 bits per heavy atom. The van der Waals surface area contributed by atoms with Gasteiger partial charge in [-0.1, -0.05) is 0 Å². The van der Waals surface area contributed by atoms with E-state index in [0.29, 0.717) is 17.9 Å². The van der Waals surface area contributed by atoms with E-state index in [1.807, 2.05) is 17.9 Å². The van der Waals surface area contributed by atoms with Crippen LogP contribution in [0.5, 0.6) is 0 Å². The molecule has 2 aromatic rings. The van der Waals surface area contributed by atoms with Crippen molar-refractivity contribution in [2.45, 2.75) is 6.92 Å². The van der Waals surface area contributed by atoms with Gasteiger partial charge in [0.2, 0.25) is 0 Å². The molecule has 0 saturated carbocycles. The van der Waals surface area contributed by atoms with Crippen molar-refractivity contribution in [3.8, 4) is 0 Å². The van der Waals surface area contributed by atoms with E-state index in [0.717, 1.165) is 12.4 Å². The second kappa shape index (κ2) is 4.36. The average Bonchev–Trinajstić information content (AvgIpc) is 2.68. The molecule has 0 atom stereocenters. The molecule has 0 aliphatic carbocycles. The third kappa shape index (κ3) is 1.67. The zero-order valence-corrected chi connectivity index (χ0v) is 9.17. The number of hydrogen-bond donors (Lipinski definition) is 2. The highest BCUT2D eigenvalue weighted by molar-refractivity contribution is 5.66. The van der Waals surface area contributed by atoms with Gasteiger partial charge in [0.25, 0.3) is 0 Å². The number of anilines is 2. The lowest BCUT2D eigenvalue weighted by molar-refractivity contribution is 0.302. The molecule has 0 unspecified atom stereocenters. The molecule has 0 fully saturated rings. The van der Waals surface area contributed by atoms with Crippen LogP contribution in [-0.4, -0.2) is 39.4 Å². The molecule has 0 amide bonds. The highest BCUT2D eigenvalue weighted by Gasteiger charge is 2.10. The van der Waals surface area contributed by atoms with Crippen molar-refractivity contribution in [3.63, 3.8) is 0 Å². The number of nitrogens with two attached hydrogens (primary N) is 1. The van der Waals surface area contributed by atoms with E-state index >= 15 is 0 Å². The Kier molecular flexibility index (Phi) is 2.91. The normalized spacial score (nSPS) is 10.9. The average molecular weight is 221 g/mol. The molecular formula is C10H15N5O. The minimum Gasteiger partial charge on any atom is -0.395 e. The van der Waals surface area contributed by atoms with E-state index in [1.54, 1.807) is 16.9 Å². The maximum Gasteiger partial charge on any atom is 0.180 e. The van der Waals surface area contributed by atoms with Crippen LogP contribution < -0.4 is 10.6 Å². The fourth-order valence-electron chi connectivity index (χ4n) is 1.69. The summed E-state index contributed by atoms with van der Waals surface area (Å²) < 4.78 is 1.69. The fraction of sp³-hybridized carbons (Fsp3) is 0.400. The predicted molar refractivity (Wildman–Crippen MR) is 62.4 cm³/mol. The van der Waals surface area contributed by atoms with E-state index in [2.05, 4.69) is 10.1 Å². The van der Waals surface area contributed by atoms with Gasteiger partial charge in [-0.25, -0.2) is 4.98 Å². The first-order valence-electron chi connectivity index (χ1n) is 5.22. The Morgan fingerprint density at radius 2 is 2.38 bits per heavy atom. The number of fused-ring (bicyclic) bond motifs is 1. The molecular weight excluding hydrogens is 206 g/mol. The molecule has 0 spiro atoms. The van der Waals surface area contributed by atoms with Gasteiger partial charge in [-0.3, -0.25) is 0 Å². The number of aliphatic hydroxyl groups excluding tert-OH is 1. The Hall–Kier alpha value is -1.82. The Morgan fingerprint density at radius 1 is 1.56 bits per heavy atom. The summed E-state index contributed by atoms with van der Waals surface area (Å²) >= 11 is 0.